The van der Waals surface area contributed by atoms with E-state index >= 15 is 0 Å². The minimum absolute atomic E-state index is 0.0320. The number of aromatic amines is 3. The SMILES string of the molecule is Cc1[nH]cnc1C1CCN(C2CCN(C(=O)C3(NC(=O)N4CCC(c5cc6ccccc6[nH]c5=O)CC4)C[C@H]3c3cc(C)c4[nH]ncc4c3)CC2)CC1. The number of benzene rings is 2. The molecule has 3 aliphatic heterocycles. The number of amides is 3. The number of urea groups is 1. The van der Waals surface area contributed by atoms with Gasteiger partial charge in [-0.3, -0.25) is 14.7 Å². The minimum Gasteiger partial charge on any atom is -0.348 e. The van der Waals surface area contributed by atoms with Crippen LogP contribution in [0.2, 0.25) is 0 Å². The lowest BCUT2D eigenvalue weighted by atomic mass is 9.89. The molecule has 0 spiro atoms. The summed E-state index contributed by atoms with van der Waals surface area (Å²) in [7, 11) is 0. The molecular weight excluding hydrogens is 667 g/mol. The summed E-state index contributed by atoms with van der Waals surface area (Å²) in [6.07, 6.45) is 9.69. The first kappa shape index (κ1) is 33.8. The van der Waals surface area contributed by atoms with Crippen molar-refractivity contribution in [3.8, 4) is 0 Å². The van der Waals surface area contributed by atoms with Crippen molar-refractivity contribution in [2.75, 3.05) is 39.3 Å². The minimum atomic E-state index is -0.986. The van der Waals surface area contributed by atoms with Gasteiger partial charge in [-0.05, 0) is 113 Å². The number of likely N-dealkylation sites (tertiary alicyclic amines) is 3. The molecule has 6 heterocycles. The molecule has 2 atom stereocenters. The molecule has 3 amide bonds. The van der Waals surface area contributed by atoms with Crippen molar-refractivity contribution in [3.63, 3.8) is 0 Å². The molecule has 12 heteroatoms. The van der Waals surface area contributed by atoms with Gasteiger partial charge in [0.05, 0.1) is 23.7 Å². The fourth-order valence-electron chi connectivity index (χ4n) is 9.72. The molecule has 9 rings (SSSR count). The van der Waals surface area contributed by atoms with Crippen LogP contribution in [0, 0.1) is 13.8 Å². The van der Waals surface area contributed by atoms with Crippen molar-refractivity contribution >= 4 is 33.7 Å². The molecule has 1 saturated carbocycles. The van der Waals surface area contributed by atoms with Gasteiger partial charge in [0.1, 0.15) is 5.54 Å². The van der Waals surface area contributed by atoms with E-state index < -0.39 is 5.54 Å². The maximum Gasteiger partial charge on any atom is 0.318 e. The molecule has 3 saturated heterocycles. The number of carbonyl (C=O) groups excluding carboxylic acids is 2. The Morgan fingerprint density at radius 3 is 2.36 bits per heavy atom. The highest BCUT2D eigenvalue weighted by Gasteiger charge is 2.63. The van der Waals surface area contributed by atoms with Crippen LogP contribution in [-0.2, 0) is 4.79 Å². The third-order valence-electron chi connectivity index (χ3n) is 12.9. The number of nitrogens with zero attached hydrogens (tertiary/aromatic N) is 5. The molecule has 1 aliphatic carbocycles. The van der Waals surface area contributed by atoms with E-state index in [1.54, 1.807) is 6.33 Å². The van der Waals surface area contributed by atoms with Gasteiger partial charge in [0.25, 0.3) is 5.56 Å². The lowest BCUT2D eigenvalue weighted by Crippen LogP contribution is -2.58. The number of para-hydroxylation sites is 1. The van der Waals surface area contributed by atoms with E-state index in [-0.39, 0.29) is 29.3 Å². The van der Waals surface area contributed by atoms with Crippen LogP contribution in [0.1, 0.15) is 90.8 Å². The molecule has 3 aromatic heterocycles. The summed E-state index contributed by atoms with van der Waals surface area (Å²) in [5.74, 6) is 0.492. The molecule has 1 unspecified atom stereocenters. The van der Waals surface area contributed by atoms with Gasteiger partial charge >= 0.3 is 6.03 Å². The van der Waals surface area contributed by atoms with Gasteiger partial charge in [-0.25, -0.2) is 9.78 Å². The fourth-order valence-corrected chi connectivity index (χ4v) is 9.72. The lowest BCUT2D eigenvalue weighted by Gasteiger charge is -2.42. The van der Waals surface area contributed by atoms with Crippen molar-refractivity contribution < 1.29 is 9.59 Å². The topological polar surface area (TPSA) is 146 Å². The van der Waals surface area contributed by atoms with Gasteiger partial charge < -0.3 is 30.0 Å². The Morgan fingerprint density at radius 2 is 1.60 bits per heavy atom. The van der Waals surface area contributed by atoms with Crippen molar-refractivity contribution in [2.24, 2.45) is 0 Å². The molecule has 53 heavy (non-hydrogen) atoms. The van der Waals surface area contributed by atoms with E-state index in [9.17, 15) is 14.4 Å². The summed E-state index contributed by atoms with van der Waals surface area (Å²) in [5, 5.41) is 12.7. The van der Waals surface area contributed by atoms with Gasteiger partial charge in [-0.2, -0.15) is 5.10 Å². The van der Waals surface area contributed by atoms with E-state index in [2.05, 4.69) is 61.3 Å². The highest BCUT2D eigenvalue weighted by Crippen LogP contribution is 2.53. The summed E-state index contributed by atoms with van der Waals surface area (Å²) < 4.78 is 0. The molecule has 276 valence electrons. The molecule has 2 aromatic carbocycles. The number of fused-ring (bicyclic) bond motifs is 2. The zero-order chi connectivity index (χ0) is 36.3. The number of hydrogen-bond acceptors (Lipinski definition) is 6. The van der Waals surface area contributed by atoms with E-state index in [4.69, 9.17) is 0 Å². The van der Waals surface area contributed by atoms with Crippen LogP contribution in [0.4, 0.5) is 4.79 Å². The van der Waals surface area contributed by atoms with Crippen LogP contribution in [0.25, 0.3) is 21.8 Å². The normalized spacial score (nSPS) is 23.5. The van der Waals surface area contributed by atoms with E-state index in [1.165, 1.54) is 11.4 Å². The predicted octanol–water partition coefficient (Wildman–Crippen LogP) is 5.43. The molecule has 4 fully saturated rings. The number of H-pyrrole nitrogens is 3. The van der Waals surface area contributed by atoms with Crippen LogP contribution in [-0.4, -0.2) is 103 Å². The van der Waals surface area contributed by atoms with Crippen LogP contribution in [0.3, 0.4) is 0 Å². The Hall–Kier alpha value is -4.97. The highest BCUT2D eigenvalue weighted by atomic mass is 16.2. The average molecular weight is 716 g/mol. The Balaban J connectivity index is 0.881. The van der Waals surface area contributed by atoms with Crippen LogP contribution >= 0.6 is 0 Å². The summed E-state index contributed by atoms with van der Waals surface area (Å²) >= 11 is 0. The average Bonchev–Trinajstić information content (AvgIpc) is 3.45. The van der Waals surface area contributed by atoms with E-state index in [1.807, 2.05) is 46.3 Å². The number of piperidine rings is 3. The maximum absolute atomic E-state index is 14.7. The molecule has 5 aromatic rings. The fraction of sp³-hybridized carbons (Fsp3) is 0.488. The molecular formula is C41H49N9O3. The van der Waals surface area contributed by atoms with Crippen LogP contribution < -0.4 is 10.9 Å². The molecule has 0 radical (unpaired) electrons. The molecule has 0 bridgehead atoms. The van der Waals surface area contributed by atoms with Crippen molar-refractivity contribution in [3.05, 3.63) is 93.4 Å². The third-order valence-corrected chi connectivity index (χ3v) is 12.9. The number of carbonyl (C=O) groups is 2. The largest absolute Gasteiger partial charge is 0.348 e. The first-order valence-electron chi connectivity index (χ1n) is 19.4. The number of hydrogen-bond donors (Lipinski definition) is 4. The molecule has 4 N–H and O–H groups in total. The number of pyridine rings is 1. The van der Waals surface area contributed by atoms with Crippen molar-refractivity contribution in [1.29, 1.82) is 0 Å². The lowest BCUT2D eigenvalue weighted by molar-refractivity contribution is -0.136. The van der Waals surface area contributed by atoms with Crippen LogP contribution in [0.15, 0.2) is 59.8 Å². The number of imidazole rings is 1. The van der Waals surface area contributed by atoms with Gasteiger partial charge in [0.2, 0.25) is 5.91 Å². The Bertz CT molecular complexity index is 2220. The second kappa shape index (κ2) is 13.5. The smallest absolute Gasteiger partial charge is 0.318 e. The second-order valence-electron chi connectivity index (χ2n) is 16.0. The monoisotopic (exact) mass is 715 g/mol. The number of aryl methyl sites for hydroxylation is 2. The van der Waals surface area contributed by atoms with Gasteiger partial charge in [0, 0.05) is 66.2 Å². The Labute approximate surface area is 308 Å². The van der Waals surface area contributed by atoms with Crippen LogP contribution in [0.5, 0.6) is 0 Å². The molecule has 12 nitrogen and oxygen atoms in total. The maximum atomic E-state index is 14.7. The van der Waals surface area contributed by atoms with E-state index in [0.29, 0.717) is 57.4 Å². The number of rotatable bonds is 6. The quantitative estimate of drug-likeness (QED) is 0.185. The number of nitrogens with one attached hydrogen (secondary N) is 4. The summed E-state index contributed by atoms with van der Waals surface area (Å²) in [4.78, 5) is 59.1. The third kappa shape index (κ3) is 6.20. The predicted molar refractivity (Wildman–Crippen MR) is 204 cm³/mol. The zero-order valence-electron chi connectivity index (χ0n) is 30.7. The van der Waals surface area contributed by atoms with Crippen molar-refractivity contribution in [1.82, 2.24) is 45.2 Å². The summed E-state index contributed by atoms with van der Waals surface area (Å²) in [6.45, 7) is 8.72. The Kier molecular flexibility index (Phi) is 8.60. The Morgan fingerprint density at radius 1 is 0.868 bits per heavy atom. The first-order chi connectivity index (χ1) is 25.8. The van der Waals surface area contributed by atoms with Crippen molar-refractivity contribution in [2.45, 2.75) is 88.1 Å². The van der Waals surface area contributed by atoms with Gasteiger partial charge in [0.15, 0.2) is 0 Å². The second-order valence-corrected chi connectivity index (χ2v) is 16.0. The first-order valence-corrected chi connectivity index (χ1v) is 19.4. The summed E-state index contributed by atoms with van der Waals surface area (Å²) in [6, 6.07) is 14.4. The highest BCUT2D eigenvalue weighted by molar-refractivity contribution is 5.96. The van der Waals surface area contributed by atoms with E-state index in [0.717, 1.165) is 77.3 Å². The van der Waals surface area contributed by atoms with Gasteiger partial charge in [-0.1, -0.05) is 24.3 Å². The number of aromatic nitrogens is 5. The summed E-state index contributed by atoms with van der Waals surface area (Å²) in [5.41, 5.74) is 6.09. The zero-order valence-corrected chi connectivity index (χ0v) is 30.7. The molecule has 4 aliphatic rings. The van der Waals surface area contributed by atoms with Gasteiger partial charge in [-0.15, -0.1) is 0 Å². The standard InChI is InChI=1S/C41H49N9O3/c1-25-19-30(20-31-23-44-47-36(25)31)34-22-41(34,39(52)49-17-11-32(12-18-49)48-13-9-28(10-14-48)37-26(2)42-24-43-37)46-40(53)50-15-7-27(8-16-50)33-21-29-5-3-4-6-35(29)45-38(33)51/h3-6,19-21,23-24,27-28,32,34H,7-18,22H2,1-2H3,(H,42,43)(H,44,47)(H,45,51)(H,46,53)/t34-,41?/m0/s1.